The fourth-order valence-electron chi connectivity index (χ4n) is 3.17. The molecule has 0 saturated carbocycles. The van der Waals surface area contributed by atoms with E-state index in [0.717, 1.165) is 46.7 Å². The van der Waals surface area contributed by atoms with Crippen LogP contribution in [-0.2, 0) is 19.1 Å². The molecule has 124 valence electrons. The number of ether oxygens (including phenoxy) is 1. The Hall–Kier alpha value is -2.53. The zero-order valence-electron chi connectivity index (χ0n) is 14.1. The second kappa shape index (κ2) is 5.24. The third kappa shape index (κ3) is 2.41. The summed E-state index contributed by atoms with van der Waals surface area (Å²) in [6.07, 6.45) is 0.947. The molecule has 3 aromatic rings. The molecule has 0 radical (unpaired) electrons. The van der Waals surface area contributed by atoms with Crippen molar-refractivity contribution in [3.8, 4) is 5.75 Å². The summed E-state index contributed by atoms with van der Waals surface area (Å²) in [7, 11) is 1.91. The standard InChI is InChI=1S/C19H21N3O2/c1-19(2,23)13-7-8-14-16(11-13)22(3)21-18(14)20-15-6-4-5-12-9-10-24-17(12)15/h4-8,11,23H,9-10H2,1-3H3,(H,20,21). The van der Waals surface area contributed by atoms with E-state index >= 15 is 0 Å². The van der Waals surface area contributed by atoms with Crippen LogP contribution in [0.3, 0.4) is 0 Å². The number of rotatable bonds is 3. The Bertz CT molecular complexity index is 922. The van der Waals surface area contributed by atoms with Crippen molar-refractivity contribution in [2.45, 2.75) is 25.9 Å². The lowest BCUT2D eigenvalue weighted by Gasteiger charge is -2.17. The van der Waals surface area contributed by atoms with Crippen LogP contribution in [0.5, 0.6) is 5.75 Å². The highest BCUT2D eigenvalue weighted by Crippen LogP contribution is 2.37. The van der Waals surface area contributed by atoms with Crippen LogP contribution < -0.4 is 10.1 Å². The van der Waals surface area contributed by atoms with Gasteiger partial charge in [0.2, 0.25) is 0 Å². The van der Waals surface area contributed by atoms with Gasteiger partial charge < -0.3 is 15.2 Å². The summed E-state index contributed by atoms with van der Waals surface area (Å²) in [5.41, 5.74) is 3.14. The Morgan fingerprint density at radius 3 is 2.88 bits per heavy atom. The van der Waals surface area contributed by atoms with Crippen molar-refractivity contribution >= 4 is 22.4 Å². The lowest BCUT2D eigenvalue weighted by Crippen LogP contribution is -2.15. The lowest BCUT2D eigenvalue weighted by atomic mass is 9.97. The fourth-order valence-corrected chi connectivity index (χ4v) is 3.17. The molecule has 2 heterocycles. The van der Waals surface area contributed by atoms with Crippen molar-refractivity contribution < 1.29 is 9.84 Å². The van der Waals surface area contributed by atoms with Crippen LogP contribution in [0.25, 0.3) is 10.9 Å². The van der Waals surface area contributed by atoms with Crippen LogP contribution in [0.4, 0.5) is 11.5 Å². The van der Waals surface area contributed by atoms with Gasteiger partial charge in [0.15, 0.2) is 5.82 Å². The number of aromatic nitrogens is 2. The van der Waals surface area contributed by atoms with Crippen molar-refractivity contribution in [1.29, 1.82) is 0 Å². The normalized spacial score (nSPS) is 13.8. The highest BCUT2D eigenvalue weighted by Gasteiger charge is 2.20. The smallest absolute Gasteiger partial charge is 0.160 e. The minimum atomic E-state index is -0.875. The monoisotopic (exact) mass is 323 g/mol. The van der Waals surface area contributed by atoms with E-state index in [-0.39, 0.29) is 0 Å². The molecule has 2 aromatic carbocycles. The van der Waals surface area contributed by atoms with Gasteiger partial charge in [0.25, 0.3) is 0 Å². The van der Waals surface area contributed by atoms with Crippen LogP contribution >= 0.6 is 0 Å². The number of aliphatic hydroxyl groups is 1. The second-order valence-electron chi connectivity index (χ2n) is 6.78. The molecule has 5 heteroatoms. The van der Waals surface area contributed by atoms with Gasteiger partial charge in [0.1, 0.15) is 5.75 Å². The molecule has 0 fully saturated rings. The van der Waals surface area contributed by atoms with E-state index in [9.17, 15) is 5.11 Å². The third-order valence-corrected chi connectivity index (χ3v) is 4.53. The van der Waals surface area contributed by atoms with Crippen LogP contribution in [0.1, 0.15) is 25.0 Å². The van der Waals surface area contributed by atoms with Gasteiger partial charge >= 0.3 is 0 Å². The average Bonchev–Trinajstić information content (AvgIpc) is 3.12. The lowest BCUT2D eigenvalue weighted by molar-refractivity contribution is 0.0787. The van der Waals surface area contributed by atoms with Crippen molar-refractivity contribution in [3.63, 3.8) is 0 Å². The van der Waals surface area contributed by atoms with Crippen LogP contribution in [-0.4, -0.2) is 21.5 Å². The van der Waals surface area contributed by atoms with Crippen molar-refractivity contribution in [2.75, 3.05) is 11.9 Å². The molecule has 0 unspecified atom stereocenters. The number of para-hydroxylation sites is 1. The summed E-state index contributed by atoms with van der Waals surface area (Å²) in [4.78, 5) is 0. The van der Waals surface area contributed by atoms with Crippen molar-refractivity contribution in [3.05, 3.63) is 47.5 Å². The maximum Gasteiger partial charge on any atom is 0.160 e. The number of aryl methyl sites for hydroxylation is 1. The zero-order chi connectivity index (χ0) is 16.9. The Kier molecular flexibility index (Phi) is 3.28. The highest BCUT2D eigenvalue weighted by molar-refractivity contribution is 5.93. The van der Waals surface area contributed by atoms with E-state index in [2.05, 4.69) is 16.5 Å². The first-order valence-corrected chi connectivity index (χ1v) is 8.15. The van der Waals surface area contributed by atoms with Gasteiger partial charge in [0.05, 0.1) is 23.4 Å². The highest BCUT2D eigenvalue weighted by atomic mass is 16.5. The Balaban J connectivity index is 1.77. The number of fused-ring (bicyclic) bond motifs is 2. The molecule has 4 rings (SSSR count). The summed E-state index contributed by atoms with van der Waals surface area (Å²) in [5.74, 6) is 1.71. The van der Waals surface area contributed by atoms with Gasteiger partial charge in [-0.15, -0.1) is 0 Å². The molecule has 1 aliphatic heterocycles. The third-order valence-electron chi connectivity index (χ3n) is 4.53. The molecular formula is C19H21N3O2. The van der Waals surface area contributed by atoms with E-state index in [4.69, 9.17) is 4.74 Å². The SMILES string of the molecule is Cn1nc(Nc2cccc3c2OCC3)c2ccc(C(C)(C)O)cc21. The van der Waals surface area contributed by atoms with E-state index < -0.39 is 5.60 Å². The Morgan fingerprint density at radius 2 is 2.08 bits per heavy atom. The van der Waals surface area contributed by atoms with Gasteiger partial charge in [-0.05, 0) is 43.2 Å². The van der Waals surface area contributed by atoms with Crippen molar-refractivity contribution in [1.82, 2.24) is 9.78 Å². The first-order valence-electron chi connectivity index (χ1n) is 8.15. The molecular weight excluding hydrogens is 302 g/mol. The van der Waals surface area contributed by atoms with E-state index in [1.54, 1.807) is 13.8 Å². The molecule has 2 N–H and O–H groups in total. The van der Waals surface area contributed by atoms with E-state index in [0.29, 0.717) is 0 Å². The summed E-state index contributed by atoms with van der Waals surface area (Å²) < 4.78 is 7.58. The van der Waals surface area contributed by atoms with Gasteiger partial charge in [-0.3, -0.25) is 4.68 Å². The summed E-state index contributed by atoms with van der Waals surface area (Å²) in [6, 6.07) is 12.1. The van der Waals surface area contributed by atoms with Gasteiger partial charge in [-0.2, -0.15) is 5.10 Å². The van der Waals surface area contributed by atoms with Crippen LogP contribution in [0.15, 0.2) is 36.4 Å². The van der Waals surface area contributed by atoms with Crippen LogP contribution in [0.2, 0.25) is 0 Å². The van der Waals surface area contributed by atoms with Gasteiger partial charge in [-0.25, -0.2) is 0 Å². The predicted molar refractivity (Wildman–Crippen MR) is 94.9 cm³/mol. The van der Waals surface area contributed by atoms with Crippen molar-refractivity contribution in [2.24, 2.45) is 7.05 Å². The van der Waals surface area contributed by atoms with E-state index in [1.807, 2.05) is 42.1 Å². The number of hydrogen-bond acceptors (Lipinski definition) is 4. The predicted octanol–water partition coefficient (Wildman–Crippen LogP) is 3.48. The Labute approximate surface area is 140 Å². The molecule has 1 aromatic heterocycles. The fraction of sp³-hybridized carbons (Fsp3) is 0.316. The molecule has 0 bridgehead atoms. The van der Waals surface area contributed by atoms with Gasteiger partial charge in [-0.1, -0.05) is 18.2 Å². The Morgan fingerprint density at radius 1 is 1.25 bits per heavy atom. The molecule has 0 spiro atoms. The average molecular weight is 323 g/mol. The number of nitrogens with one attached hydrogen (secondary N) is 1. The molecule has 5 nitrogen and oxygen atoms in total. The molecule has 0 atom stereocenters. The van der Waals surface area contributed by atoms with E-state index in [1.165, 1.54) is 5.56 Å². The van der Waals surface area contributed by atoms with Crippen LogP contribution in [0, 0.1) is 0 Å². The molecule has 24 heavy (non-hydrogen) atoms. The largest absolute Gasteiger partial charge is 0.491 e. The molecule has 1 aliphatic rings. The number of hydrogen-bond donors (Lipinski definition) is 2. The maximum absolute atomic E-state index is 10.2. The molecule has 0 aliphatic carbocycles. The molecule has 0 saturated heterocycles. The molecule has 0 amide bonds. The zero-order valence-corrected chi connectivity index (χ0v) is 14.1. The summed E-state index contributed by atoms with van der Waals surface area (Å²) >= 11 is 0. The van der Waals surface area contributed by atoms with Gasteiger partial charge in [0, 0.05) is 18.9 Å². The number of benzene rings is 2. The minimum absolute atomic E-state index is 0.728. The minimum Gasteiger partial charge on any atom is -0.491 e. The summed E-state index contributed by atoms with van der Waals surface area (Å²) in [5, 5.41) is 19.2. The first-order chi connectivity index (χ1) is 11.4. The topological polar surface area (TPSA) is 59.3 Å². The number of anilines is 2. The summed E-state index contributed by atoms with van der Waals surface area (Å²) in [6.45, 7) is 4.30. The maximum atomic E-state index is 10.2. The quantitative estimate of drug-likeness (QED) is 0.775. The number of nitrogens with zero attached hydrogens (tertiary/aromatic N) is 2. The first kappa shape index (κ1) is 15.0. The second-order valence-corrected chi connectivity index (χ2v) is 6.78.